The molecule has 76 valence electrons. The standard InChI is InChI=1S/C10H13NO2S/c11-4-6-1-2-8-7(3-6)5-14-9(8)10(12)13/h5-6H,1-4,11H2,(H,12,13). The van der Waals surface area contributed by atoms with Crippen molar-refractivity contribution in [3.05, 3.63) is 21.4 Å². The quantitative estimate of drug-likeness (QED) is 0.779. The summed E-state index contributed by atoms with van der Waals surface area (Å²) >= 11 is 1.35. The number of carbonyl (C=O) groups is 1. The molecule has 0 saturated heterocycles. The number of aromatic carboxylic acids is 1. The molecule has 3 nitrogen and oxygen atoms in total. The lowest BCUT2D eigenvalue weighted by Crippen LogP contribution is -2.22. The first-order valence-electron chi connectivity index (χ1n) is 4.75. The summed E-state index contributed by atoms with van der Waals surface area (Å²) in [6.45, 7) is 0.706. The van der Waals surface area contributed by atoms with Crippen LogP contribution in [0.2, 0.25) is 0 Å². The maximum absolute atomic E-state index is 10.9. The third kappa shape index (κ3) is 1.55. The van der Waals surface area contributed by atoms with Crippen LogP contribution in [0.15, 0.2) is 5.38 Å². The van der Waals surface area contributed by atoms with Gasteiger partial charge in [0.05, 0.1) is 0 Å². The van der Waals surface area contributed by atoms with Gasteiger partial charge in [-0.05, 0) is 48.2 Å². The van der Waals surface area contributed by atoms with Gasteiger partial charge < -0.3 is 10.8 Å². The molecule has 1 aromatic heterocycles. The van der Waals surface area contributed by atoms with Crippen LogP contribution in [-0.2, 0) is 12.8 Å². The maximum atomic E-state index is 10.9. The molecular formula is C10H13NO2S. The summed E-state index contributed by atoms with van der Waals surface area (Å²) < 4.78 is 0. The van der Waals surface area contributed by atoms with E-state index >= 15 is 0 Å². The Labute approximate surface area is 86.6 Å². The van der Waals surface area contributed by atoms with Gasteiger partial charge in [0, 0.05) is 0 Å². The molecule has 0 spiro atoms. The topological polar surface area (TPSA) is 63.3 Å². The van der Waals surface area contributed by atoms with Crippen molar-refractivity contribution in [1.29, 1.82) is 0 Å². The molecular weight excluding hydrogens is 198 g/mol. The molecule has 2 rings (SSSR count). The summed E-state index contributed by atoms with van der Waals surface area (Å²) in [6.07, 6.45) is 2.86. The summed E-state index contributed by atoms with van der Waals surface area (Å²) in [7, 11) is 0. The number of nitrogens with two attached hydrogens (primary N) is 1. The molecule has 14 heavy (non-hydrogen) atoms. The van der Waals surface area contributed by atoms with E-state index in [4.69, 9.17) is 10.8 Å². The minimum absolute atomic E-state index is 0.524. The van der Waals surface area contributed by atoms with Crippen LogP contribution in [0.3, 0.4) is 0 Å². The van der Waals surface area contributed by atoms with E-state index < -0.39 is 5.97 Å². The molecule has 1 heterocycles. The smallest absolute Gasteiger partial charge is 0.346 e. The second-order valence-corrected chi connectivity index (χ2v) is 4.60. The Morgan fingerprint density at radius 2 is 2.50 bits per heavy atom. The highest BCUT2D eigenvalue weighted by molar-refractivity contribution is 7.12. The zero-order valence-corrected chi connectivity index (χ0v) is 8.64. The van der Waals surface area contributed by atoms with E-state index in [1.165, 1.54) is 16.9 Å². The summed E-state index contributed by atoms with van der Waals surface area (Å²) in [6, 6.07) is 0. The van der Waals surface area contributed by atoms with Crippen molar-refractivity contribution in [2.45, 2.75) is 19.3 Å². The third-order valence-electron chi connectivity index (χ3n) is 2.82. The molecule has 1 aliphatic rings. The van der Waals surface area contributed by atoms with Gasteiger partial charge in [-0.1, -0.05) is 0 Å². The molecule has 4 heteroatoms. The van der Waals surface area contributed by atoms with Gasteiger partial charge in [0.2, 0.25) is 0 Å². The van der Waals surface area contributed by atoms with Gasteiger partial charge in [0.15, 0.2) is 0 Å². The van der Waals surface area contributed by atoms with Gasteiger partial charge in [-0.15, -0.1) is 11.3 Å². The van der Waals surface area contributed by atoms with E-state index in [0.29, 0.717) is 17.3 Å². The van der Waals surface area contributed by atoms with Crippen molar-refractivity contribution in [3.8, 4) is 0 Å². The Bertz CT molecular complexity index is 359. The number of thiophene rings is 1. The predicted molar refractivity (Wildman–Crippen MR) is 55.8 cm³/mol. The highest BCUT2D eigenvalue weighted by atomic mass is 32.1. The largest absolute Gasteiger partial charge is 0.477 e. The molecule has 0 aliphatic heterocycles. The van der Waals surface area contributed by atoms with Crippen molar-refractivity contribution in [3.63, 3.8) is 0 Å². The number of hydrogen-bond donors (Lipinski definition) is 2. The highest BCUT2D eigenvalue weighted by Gasteiger charge is 2.23. The number of fused-ring (bicyclic) bond motifs is 1. The number of rotatable bonds is 2. The SMILES string of the molecule is NCC1CCc2c(csc2C(=O)O)C1. The fourth-order valence-corrected chi connectivity index (χ4v) is 2.98. The molecule has 0 radical (unpaired) electrons. The summed E-state index contributed by atoms with van der Waals surface area (Å²) in [5.74, 6) is -0.249. The zero-order valence-electron chi connectivity index (χ0n) is 7.82. The highest BCUT2D eigenvalue weighted by Crippen LogP contribution is 2.31. The normalized spacial score (nSPS) is 20.5. The minimum atomic E-state index is -0.789. The van der Waals surface area contributed by atoms with Gasteiger partial charge in [0.25, 0.3) is 0 Å². The lowest BCUT2D eigenvalue weighted by Gasteiger charge is -2.20. The van der Waals surface area contributed by atoms with Crippen LogP contribution in [-0.4, -0.2) is 17.6 Å². The molecule has 1 aliphatic carbocycles. The third-order valence-corrected chi connectivity index (χ3v) is 3.88. The average Bonchev–Trinajstić information content (AvgIpc) is 2.59. The van der Waals surface area contributed by atoms with E-state index in [-0.39, 0.29) is 0 Å². The Balaban J connectivity index is 2.29. The monoisotopic (exact) mass is 211 g/mol. The van der Waals surface area contributed by atoms with Gasteiger partial charge >= 0.3 is 5.97 Å². The van der Waals surface area contributed by atoms with E-state index in [1.54, 1.807) is 0 Å². The molecule has 0 fully saturated rings. The average molecular weight is 211 g/mol. The lowest BCUT2D eigenvalue weighted by atomic mass is 9.85. The van der Waals surface area contributed by atoms with Crippen LogP contribution in [0.5, 0.6) is 0 Å². The Hall–Kier alpha value is -0.870. The molecule has 1 atom stereocenters. The predicted octanol–water partition coefficient (Wildman–Crippen LogP) is 1.51. The van der Waals surface area contributed by atoms with Gasteiger partial charge in [-0.25, -0.2) is 4.79 Å². The fraction of sp³-hybridized carbons (Fsp3) is 0.500. The van der Waals surface area contributed by atoms with Crippen molar-refractivity contribution in [2.75, 3.05) is 6.54 Å². The van der Waals surface area contributed by atoms with Crippen molar-refractivity contribution in [1.82, 2.24) is 0 Å². The second-order valence-electron chi connectivity index (χ2n) is 3.72. The van der Waals surface area contributed by atoms with Crippen LogP contribution in [0, 0.1) is 5.92 Å². The molecule has 3 N–H and O–H groups in total. The molecule has 1 aromatic rings. The van der Waals surface area contributed by atoms with Gasteiger partial charge in [-0.3, -0.25) is 0 Å². The molecule has 0 saturated carbocycles. The summed E-state index contributed by atoms with van der Waals surface area (Å²) in [5, 5.41) is 10.9. The Morgan fingerprint density at radius 3 is 3.14 bits per heavy atom. The molecule has 0 bridgehead atoms. The van der Waals surface area contributed by atoms with E-state index in [1.807, 2.05) is 5.38 Å². The minimum Gasteiger partial charge on any atom is -0.477 e. The van der Waals surface area contributed by atoms with Crippen molar-refractivity contribution < 1.29 is 9.90 Å². The molecule has 0 amide bonds. The van der Waals surface area contributed by atoms with Gasteiger partial charge in [0.1, 0.15) is 4.88 Å². The number of carboxylic acids is 1. The van der Waals surface area contributed by atoms with E-state index in [0.717, 1.165) is 24.8 Å². The Kier molecular flexibility index (Phi) is 2.56. The Morgan fingerprint density at radius 1 is 1.71 bits per heavy atom. The maximum Gasteiger partial charge on any atom is 0.346 e. The van der Waals surface area contributed by atoms with Gasteiger partial charge in [-0.2, -0.15) is 0 Å². The van der Waals surface area contributed by atoms with Crippen LogP contribution in [0.1, 0.15) is 27.2 Å². The number of carboxylic acid groups (broad SMARTS) is 1. The summed E-state index contributed by atoms with van der Waals surface area (Å²) in [5.41, 5.74) is 7.87. The van der Waals surface area contributed by atoms with Crippen LogP contribution < -0.4 is 5.73 Å². The zero-order chi connectivity index (χ0) is 10.1. The van der Waals surface area contributed by atoms with Crippen LogP contribution >= 0.6 is 11.3 Å². The fourth-order valence-electron chi connectivity index (χ4n) is 2.01. The lowest BCUT2D eigenvalue weighted by molar-refractivity contribution is 0.0700. The van der Waals surface area contributed by atoms with Crippen LogP contribution in [0.25, 0.3) is 0 Å². The second kappa shape index (κ2) is 3.71. The van der Waals surface area contributed by atoms with E-state index in [2.05, 4.69) is 0 Å². The van der Waals surface area contributed by atoms with E-state index in [9.17, 15) is 4.79 Å². The summed E-state index contributed by atoms with van der Waals surface area (Å²) in [4.78, 5) is 11.4. The van der Waals surface area contributed by atoms with Crippen molar-refractivity contribution in [2.24, 2.45) is 11.7 Å². The van der Waals surface area contributed by atoms with Crippen molar-refractivity contribution >= 4 is 17.3 Å². The first-order valence-corrected chi connectivity index (χ1v) is 5.63. The molecule has 0 aromatic carbocycles. The number of hydrogen-bond acceptors (Lipinski definition) is 3. The van der Waals surface area contributed by atoms with Crippen LogP contribution in [0.4, 0.5) is 0 Å². The first-order chi connectivity index (χ1) is 6.72. The molecule has 1 unspecified atom stereocenters. The first kappa shape index (κ1) is 9.68.